The maximum atomic E-state index is 13.4. The number of fused-ring (bicyclic) bond motifs is 1. The highest BCUT2D eigenvalue weighted by atomic mass is 35.5. The molecule has 0 saturated heterocycles. The third-order valence-corrected chi connectivity index (χ3v) is 3.98. The zero-order chi connectivity index (χ0) is 15.7. The third-order valence-electron chi connectivity index (χ3n) is 3.98. The zero-order valence-electron chi connectivity index (χ0n) is 12.2. The first kappa shape index (κ1) is 17.4. The lowest BCUT2D eigenvalue weighted by atomic mass is 9.93. The Bertz CT molecular complexity index is 706. The van der Waals surface area contributed by atoms with E-state index in [1.165, 1.54) is 24.3 Å². The molecule has 1 heterocycles. The highest BCUT2D eigenvalue weighted by molar-refractivity contribution is 5.85. The van der Waals surface area contributed by atoms with Gasteiger partial charge in [0.1, 0.15) is 17.7 Å². The Labute approximate surface area is 139 Å². The number of carbonyl (C=O) groups is 1. The van der Waals surface area contributed by atoms with Gasteiger partial charge in [-0.05, 0) is 47.4 Å². The van der Waals surface area contributed by atoms with Crippen molar-refractivity contribution in [2.75, 3.05) is 0 Å². The Hall–Kier alpha value is -1.98. The smallest absolute Gasteiger partial charge is 0.321 e. The molecule has 0 fully saturated rings. The first-order chi connectivity index (χ1) is 10.5. The van der Waals surface area contributed by atoms with E-state index in [2.05, 4.69) is 0 Å². The summed E-state index contributed by atoms with van der Waals surface area (Å²) in [6.07, 6.45) is 0.339. The summed E-state index contributed by atoms with van der Waals surface area (Å²) in [6.45, 7) is 0.745. The van der Waals surface area contributed by atoms with E-state index >= 15 is 0 Å². The fourth-order valence-corrected chi connectivity index (χ4v) is 2.84. The Morgan fingerprint density at radius 3 is 2.39 bits per heavy atom. The Morgan fingerprint density at radius 2 is 1.74 bits per heavy atom. The number of hydrogen-bond donors (Lipinski definition) is 1. The topological polar surface area (TPSA) is 40.5 Å². The molecular formula is C17H16ClF2NO2. The van der Waals surface area contributed by atoms with E-state index in [1.54, 1.807) is 23.1 Å². The molecule has 0 aliphatic carbocycles. The van der Waals surface area contributed by atoms with Crippen molar-refractivity contribution in [3.63, 3.8) is 0 Å². The third kappa shape index (κ3) is 3.86. The van der Waals surface area contributed by atoms with Gasteiger partial charge in [-0.1, -0.05) is 18.2 Å². The first-order valence-electron chi connectivity index (χ1n) is 7.01. The number of hydrogen-bond acceptors (Lipinski definition) is 2. The number of carboxylic acids is 1. The molecule has 3 rings (SSSR count). The number of rotatable bonds is 3. The van der Waals surface area contributed by atoms with Crippen molar-refractivity contribution < 1.29 is 18.7 Å². The molecule has 1 aliphatic heterocycles. The summed E-state index contributed by atoms with van der Waals surface area (Å²) in [5, 5.41) is 9.44. The van der Waals surface area contributed by atoms with E-state index in [0.29, 0.717) is 19.5 Å². The van der Waals surface area contributed by atoms with E-state index in [4.69, 9.17) is 0 Å². The van der Waals surface area contributed by atoms with Gasteiger partial charge in [-0.15, -0.1) is 12.4 Å². The van der Waals surface area contributed by atoms with Crippen LogP contribution >= 0.6 is 12.4 Å². The van der Waals surface area contributed by atoms with Crippen LogP contribution in [0.3, 0.4) is 0 Å². The largest absolute Gasteiger partial charge is 0.480 e. The fraction of sp³-hybridized carbons (Fsp3) is 0.235. The summed E-state index contributed by atoms with van der Waals surface area (Å²) in [4.78, 5) is 13.3. The minimum atomic E-state index is -0.905. The van der Waals surface area contributed by atoms with Crippen molar-refractivity contribution in [2.24, 2.45) is 0 Å². The maximum absolute atomic E-state index is 13.4. The summed E-state index contributed by atoms with van der Waals surface area (Å²) >= 11 is 0. The van der Waals surface area contributed by atoms with Gasteiger partial charge in [-0.25, -0.2) is 8.78 Å². The normalized spacial score (nSPS) is 17.2. The average Bonchev–Trinajstić information content (AvgIpc) is 2.48. The lowest BCUT2D eigenvalue weighted by molar-refractivity contribution is -0.144. The van der Waals surface area contributed by atoms with Crippen LogP contribution in [-0.4, -0.2) is 22.0 Å². The van der Waals surface area contributed by atoms with Crippen molar-refractivity contribution in [3.8, 4) is 0 Å². The van der Waals surface area contributed by atoms with Crippen LogP contribution in [0.25, 0.3) is 0 Å². The molecule has 2 aromatic rings. The van der Waals surface area contributed by atoms with Crippen LogP contribution in [0.2, 0.25) is 0 Å². The predicted molar refractivity (Wildman–Crippen MR) is 84.4 cm³/mol. The van der Waals surface area contributed by atoms with Gasteiger partial charge in [0.05, 0.1) is 0 Å². The van der Waals surface area contributed by atoms with Gasteiger partial charge >= 0.3 is 5.97 Å². The van der Waals surface area contributed by atoms with Crippen molar-refractivity contribution >= 4 is 18.4 Å². The number of halogens is 3. The van der Waals surface area contributed by atoms with Crippen LogP contribution in [0.5, 0.6) is 0 Å². The molecule has 3 nitrogen and oxygen atoms in total. The van der Waals surface area contributed by atoms with Crippen LogP contribution in [0.4, 0.5) is 8.78 Å². The molecule has 23 heavy (non-hydrogen) atoms. The monoisotopic (exact) mass is 339 g/mol. The summed E-state index contributed by atoms with van der Waals surface area (Å²) in [7, 11) is 0. The lowest BCUT2D eigenvalue weighted by Gasteiger charge is -2.34. The maximum Gasteiger partial charge on any atom is 0.321 e. The second kappa shape index (κ2) is 7.06. The van der Waals surface area contributed by atoms with E-state index in [1.807, 2.05) is 0 Å². The van der Waals surface area contributed by atoms with Gasteiger partial charge in [-0.3, -0.25) is 9.69 Å². The van der Waals surface area contributed by atoms with Gasteiger partial charge < -0.3 is 5.11 Å². The highest BCUT2D eigenvalue weighted by Crippen LogP contribution is 2.26. The molecule has 0 amide bonds. The van der Waals surface area contributed by atoms with Crippen molar-refractivity contribution in [2.45, 2.75) is 25.6 Å². The van der Waals surface area contributed by atoms with Crippen LogP contribution < -0.4 is 0 Å². The molecule has 2 aromatic carbocycles. The number of aliphatic carboxylic acids is 1. The summed E-state index contributed by atoms with van der Waals surface area (Å²) in [5.41, 5.74) is 2.50. The second-order valence-electron chi connectivity index (χ2n) is 5.50. The average molecular weight is 340 g/mol. The molecule has 6 heteroatoms. The molecule has 0 saturated carbocycles. The second-order valence-corrected chi connectivity index (χ2v) is 5.50. The first-order valence-corrected chi connectivity index (χ1v) is 7.01. The van der Waals surface area contributed by atoms with Crippen molar-refractivity contribution in [3.05, 3.63) is 70.8 Å². The Kier molecular flexibility index (Phi) is 5.34. The minimum Gasteiger partial charge on any atom is -0.480 e. The molecule has 1 N–H and O–H groups in total. The van der Waals surface area contributed by atoms with E-state index in [-0.39, 0.29) is 24.0 Å². The Morgan fingerprint density at radius 1 is 1.09 bits per heavy atom. The molecule has 0 radical (unpaired) electrons. The van der Waals surface area contributed by atoms with Gasteiger partial charge in [0.15, 0.2) is 0 Å². The molecule has 0 bridgehead atoms. The number of carboxylic acid groups (broad SMARTS) is 1. The molecule has 1 atom stereocenters. The molecule has 122 valence electrons. The van der Waals surface area contributed by atoms with Crippen LogP contribution in [-0.2, 0) is 24.3 Å². The molecule has 1 aliphatic rings. The number of nitrogens with zero attached hydrogens (tertiary/aromatic N) is 1. The van der Waals surface area contributed by atoms with E-state index in [9.17, 15) is 18.7 Å². The molecule has 0 aromatic heterocycles. The summed E-state index contributed by atoms with van der Waals surface area (Å²) < 4.78 is 26.3. The van der Waals surface area contributed by atoms with Gasteiger partial charge in [0.2, 0.25) is 0 Å². The molecular weight excluding hydrogens is 324 g/mol. The SMILES string of the molecule is Cl.O=C(O)C1Cc2ccc(F)cc2CN1Cc1ccc(F)cc1. The minimum absolute atomic E-state index is 0. The predicted octanol–water partition coefficient (Wildman–Crippen LogP) is 3.40. The van der Waals surface area contributed by atoms with E-state index < -0.39 is 12.0 Å². The van der Waals surface area contributed by atoms with Gasteiger partial charge in [0, 0.05) is 13.1 Å². The standard InChI is InChI=1S/C17H15F2NO2.ClH/c18-14-4-1-11(2-5-14)9-20-10-13-7-15(19)6-3-12(13)8-16(20)17(21)22;/h1-7,16H,8-10H2,(H,21,22);1H. The van der Waals surface area contributed by atoms with Gasteiger partial charge in [0.25, 0.3) is 0 Å². The Balaban J connectivity index is 0.00000192. The van der Waals surface area contributed by atoms with Crippen LogP contribution in [0.1, 0.15) is 16.7 Å². The lowest BCUT2D eigenvalue weighted by Crippen LogP contribution is -2.45. The van der Waals surface area contributed by atoms with Crippen LogP contribution in [0, 0.1) is 11.6 Å². The van der Waals surface area contributed by atoms with Crippen molar-refractivity contribution in [1.82, 2.24) is 4.90 Å². The van der Waals surface area contributed by atoms with Gasteiger partial charge in [-0.2, -0.15) is 0 Å². The van der Waals surface area contributed by atoms with Crippen molar-refractivity contribution in [1.29, 1.82) is 0 Å². The summed E-state index contributed by atoms with van der Waals surface area (Å²) in [5.74, 6) is -1.56. The molecule has 0 spiro atoms. The van der Waals surface area contributed by atoms with Crippen LogP contribution in [0.15, 0.2) is 42.5 Å². The quantitative estimate of drug-likeness (QED) is 0.931. The zero-order valence-corrected chi connectivity index (χ0v) is 13.0. The van der Waals surface area contributed by atoms with E-state index in [0.717, 1.165) is 16.7 Å². The number of benzene rings is 2. The molecule has 1 unspecified atom stereocenters. The highest BCUT2D eigenvalue weighted by Gasteiger charge is 2.31. The summed E-state index contributed by atoms with van der Waals surface area (Å²) in [6, 6.07) is 9.76. The fourth-order valence-electron chi connectivity index (χ4n) is 2.84.